The summed E-state index contributed by atoms with van der Waals surface area (Å²) in [5, 5.41) is 3.92. The zero-order chi connectivity index (χ0) is 8.55. The van der Waals surface area contributed by atoms with Crippen LogP contribution < -0.4 is 10.1 Å². The highest BCUT2D eigenvalue weighted by molar-refractivity contribution is 6.32. The molecule has 1 N–H and O–H groups in total. The SMILES string of the molecule is CC1CNc2cccc(Cl)c2O1.Cl. The highest BCUT2D eigenvalue weighted by Gasteiger charge is 2.16. The lowest BCUT2D eigenvalue weighted by Crippen LogP contribution is -2.27. The Morgan fingerprint density at radius 2 is 2.31 bits per heavy atom. The van der Waals surface area contributed by atoms with Gasteiger partial charge in [0.05, 0.1) is 17.3 Å². The zero-order valence-corrected chi connectivity index (χ0v) is 8.78. The van der Waals surface area contributed by atoms with Gasteiger partial charge in [-0.1, -0.05) is 17.7 Å². The monoisotopic (exact) mass is 219 g/mol. The number of anilines is 1. The van der Waals surface area contributed by atoms with Crippen molar-refractivity contribution in [3.63, 3.8) is 0 Å². The third-order valence-corrected chi connectivity index (χ3v) is 2.16. The largest absolute Gasteiger partial charge is 0.485 e. The number of fused-ring (bicyclic) bond motifs is 1. The van der Waals surface area contributed by atoms with Crippen molar-refractivity contribution in [3.8, 4) is 5.75 Å². The third-order valence-electron chi connectivity index (χ3n) is 1.87. The molecular formula is C9H11Cl2NO. The fourth-order valence-electron chi connectivity index (χ4n) is 1.26. The molecule has 0 amide bonds. The van der Waals surface area contributed by atoms with E-state index in [4.69, 9.17) is 16.3 Å². The molecule has 72 valence electrons. The van der Waals surface area contributed by atoms with Crippen LogP contribution in [0.25, 0.3) is 0 Å². The third kappa shape index (κ3) is 2.01. The van der Waals surface area contributed by atoms with Gasteiger partial charge in [-0.25, -0.2) is 0 Å². The summed E-state index contributed by atoms with van der Waals surface area (Å²) in [4.78, 5) is 0. The summed E-state index contributed by atoms with van der Waals surface area (Å²) in [5.74, 6) is 0.776. The van der Waals surface area contributed by atoms with Gasteiger partial charge in [-0.3, -0.25) is 0 Å². The minimum atomic E-state index is 0. The molecule has 0 radical (unpaired) electrons. The van der Waals surface area contributed by atoms with Gasteiger partial charge in [-0.15, -0.1) is 12.4 Å². The fourth-order valence-corrected chi connectivity index (χ4v) is 1.48. The van der Waals surface area contributed by atoms with E-state index in [1.54, 1.807) is 0 Å². The van der Waals surface area contributed by atoms with Crippen LogP contribution in [0.4, 0.5) is 5.69 Å². The highest BCUT2D eigenvalue weighted by atomic mass is 35.5. The summed E-state index contributed by atoms with van der Waals surface area (Å²) < 4.78 is 5.57. The van der Waals surface area contributed by atoms with Crippen LogP contribution in [0.15, 0.2) is 18.2 Å². The van der Waals surface area contributed by atoms with Crippen LogP contribution in [0, 0.1) is 0 Å². The van der Waals surface area contributed by atoms with Crippen molar-refractivity contribution in [2.24, 2.45) is 0 Å². The normalized spacial score (nSPS) is 19.1. The van der Waals surface area contributed by atoms with E-state index < -0.39 is 0 Å². The minimum absolute atomic E-state index is 0. The molecule has 1 atom stereocenters. The minimum Gasteiger partial charge on any atom is -0.485 e. The lowest BCUT2D eigenvalue weighted by Gasteiger charge is -2.25. The van der Waals surface area contributed by atoms with Crippen molar-refractivity contribution in [1.29, 1.82) is 0 Å². The van der Waals surface area contributed by atoms with Crippen molar-refractivity contribution in [3.05, 3.63) is 23.2 Å². The number of benzene rings is 1. The average molecular weight is 220 g/mol. The van der Waals surface area contributed by atoms with Crippen molar-refractivity contribution >= 4 is 29.7 Å². The molecular weight excluding hydrogens is 209 g/mol. The molecule has 1 heterocycles. The number of hydrogen-bond acceptors (Lipinski definition) is 2. The van der Waals surface area contributed by atoms with Gasteiger partial charge in [0.1, 0.15) is 6.10 Å². The van der Waals surface area contributed by atoms with Gasteiger partial charge >= 0.3 is 0 Å². The van der Waals surface area contributed by atoms with Gasteiger partial charge in [-0.05, 0) is 19.1 Å². The average Bonchev–Trinajstić information content (AvgIpc) is 2.07. The summed E-state index contributed by atoms with van der Waals surface area (Å²) in [6, 6.07) is 5.71. The Labute approximate surface area is 88.6 Å². The maximum atomic E-state index is 5.94. The molecule has 13 heavy (non-hydrogen) atoms. The number of ether oxygens (including phenoxy) is 1. The second-order valence-electron chi connectivity index (χ2n) is 2.93. The van der Waals surface area contributed by atoms with Crippen molar-refractivity contribution < 1.29 is 4.74 Å². The second kappa shape index (κ2) is 4.07. The van der Waals surface area contributed by atoms with E-state index in [-0.39, 0.29) is 18.5 Å². The Morgan fingerprint density at radius 3 is 3.08 bits per heavy atom. The lowest BCUT2D eigenvalue weighted by atomic mass is 10.2. The van der Waals surface area contributed by atoms with Crippen LogP contribution in [0.2, 0.25) is 5.02 Å². The van der Waals surface area contributed by atoms with Gasteiger partial charge in [0.25, 0.3) is 0 Å². The van der Waals surface area contributed by atoms with Crippen molar-refractivity contribution in [1.82, 2.24) is 0 Å². The van der Waals surface area contributed by atoms with Crippen LogP contribution in [0.1, 0.15) is 6.92 Å². The van der Waals surface area contributed by atoms with Gasteiger partial charge in [-0.2, -0.15) is 0 Å². The first kappa shape index (κ1) is 10.5. The molecule has 0 aromatic heterocycles. The fraction of sp³-hybridized carbons (Fsp3) is 0.333. The van der Waals surface area contributed by atoms with Crippen molar-refractivity contribution in [2.45, 2.75) is 13.0 Å². The molecule has 1 aliphatic rings. The van der Waals surface area contributed by atoms with E-state index in [1.165, 1.54) is 0 Å². The molecule has 1 aliphatic heterocycles. The first-order valence-corrected chi connectivity index (χ1v) is 4.34. The summed E-state index contributed by atoms with van der Waals surface area (Å²) in [6.45, 7) is 2.85. The van der Waals surface area contributed by atoms with Gasteiger partial charge in [0.2, 0.25) is 0 Å². The maximum absolute atomic E-state index is 5.94. The van der Waals surface area contributed by atoms with Gasteiger partial charge in [0.15, 0.2) is 5.75 Å². The molecule has 0 saturated heterocycles. The standard InChI is InChI=1S/C9H10ClNO.ClH/c1-6-5-11-8-4-2-3-7(10)9(8)12-6;/h2-4,6,11H,5H2,1H3;1H. The van der Waals surface area contributed by atoms with Crippen molar-refractivity contribution in [2.75, 3.05) is 11.9 Å². The number of para-hydroxylation sites is 1. The maximum Gasteiger partial charge on any atom is 0.161 e. The molecule has 2 nitrogen and oxygen atoms in total. The Balaban J connectivity index is 0.000000845. The van der Waals surface area contributed by atoms with E-state index in [1.807, 2.05) is 25.1 Å². The molecule has 1 aromatic carbocycles. The number of rotatable bonds is 0. The molecule has 4 heteroatoms. The summed E-state index contributed by atoms with van der Waals surface area (Å²) in [7, 11) is 0. The highest BCUT2D eigenvalue weighted by Crippen LogP contribution is 2.35. The van der Waals surface area contributed by atoms with E-state index in [0.717, 1.165) is 18.0 Å². The molecule has 0 fully saturated rings. The van der Waals surface area contributed by atoms with E-state index in [0.29, 0.717) is 5.02 Å². The first-order valence-electron chi connectivity index (χ1n) is 3.96. The summed E-state index contributed by atoms with van der Waals surface area (Å²) in [5.41, 5.74) is 0.987. The Morgan fingerprint density at radius 1 is 1.54 bits per heavy atom. The molecule has 1 aromatic rings. The van der Waals surface area contributed by atoms with Gasteiger partial charge in [0, 0.05) is 0 Å². The van der Waals surface area contributed by atoms with E-state index in [2.05, 4.69) is 5.32 Å². The molecule has 0 saturated carbocycles. The van der Waals surface area contributed by atoms with Gasteiger partial charge < -0.3 is 10.1 Å². The topological polar surface area (TPSA) is 21.3 Å². The van der Waals surface area contributed by atoms with Crippen LogP contribution in [0.5, 0.6) is 5.75 Å². The Kier molecular flexibility index (Phi) is 3.28. The molecule has 2 rings (SSSR count). The summed E-state index contributed by atoms with van der Waals surface area (Å²) >= 11 is 5.94. The van der Waals surface area contributed by atoms with E-state index in [9.17, 15) is 0 Å². The Hall–Kier alpha value is -0.600. The second-order valence-corrected chi connectivity index (χ2v) is 3.33. The zero-order valence-electron chi connectivity index (χ0n) is 7.21. The Bertz CT molecular complexity index is 304. The quantitative estimate of drug-likeness (QED) is 0.725. The predicted octanol–water partition coefficient (Wildman–Crippen LogP) is 2.95. The first-order chi connectivity index (χ1) is 5.77. The van der Waals surface area contributed by atoms with Crippen LogP contribution in [0.3, 0.4) is 0 Å². The molecule has 0 aliphatic carbocycles. The van der Waals surface area contributed by atoms with Crippen LogP contribution in [-0.4, -0.2) is 12.6 Å². The van der Waals surface area contributed by atoms with Crippen LogP contribution in [-0.2, 0) is 0 Å². The molecule has 1 unspecified atom stereocenters. The van der Waals surface area contributed by atoms with E-state index >= 15 is 0 Å². The van der Waals surface area contributed by atoms with Crippen LogP contribution >= 0.6 is 24.0 Å². The number of hydrogen-bond donors (Lipinski definition) is 1. The number of nitrogens with one attached hydrogen (secondary N) is 1. The molecule has 0 bridgehead atoms. The predicted molar refractivity (Wildman–Crippen MR) is 57.3 cm³/mol. The summed E-state index contributed by atoms with van der Waals surface area (Å²) in [6.07, 6.45) is 0.192. The number of halogens is 2. The lowest BCUT2D eigenvalue weighted by molar-refractivity contribution is 0.226. The smallest absolute Gasteiger partial charge is 0.161 e. The molecule has 0 spiro atoms.